The second-order valence-electron chi connectivity index (χ2n) is 5.08. The summed E-state index contributed by atoms with van der Waals surface area (Å²) >= 11 is 0. The number of nitrogens with one attached hydrogen (secondary N) is 1. The molecule has 2 rings (SSSR count). The van der Waals surface area contributed by atoms with E-state index in [9.17, 15) is 9.59 Å². The number of ether oxygens (including phenoxy) is 1. The summed E-state index contributed by atoms with van der Waals surface area (Å²) in [4.78, 5) is 22.7. The van der Waals surface area contributed by atoms with Crippen molar-refractivity contribution < 1.29 is 19.4 Å². The summed E-state index contributed by atoms with van der Waals surface area (Å²) < 4.78 is 6.54. The zero-order valence-electron chi connectivity index (χ0n) is 13.0. The Hall–Kier alpha value is -2.83. The van der Waals surface area contributed by atoms with E-state index in [0.717, 1.165) is 11.3 Å². The molecule has 0 fully saturated rings. The fraction of sp³-hybridized carbons (Fsp3) is 0.312. The van der Waals surface area contributed by atoms with Gasteiger partial charge >= 0.3 is 5.97 Å². The van der Waals surface area contributed by atoms with Crippen LogP contribution in [0.1, 0.15) is 35.4 Å². The molecule has 0 spiro atoms. The Morgan fingerprint density at radius 3 is 2.57 bits per heavy atom. The lowest BCUT2D eigenvalue weighted by Crippen LogP contribution is -2.27. The summed E-state index contributed by atoms with van der Waals surface area (Å²) in [6, 6.07) is 8.76. The topological polar surface area (TPSA) is 93.5 Å². The number of carboxylic acids is 1. The largest absolute Gasteiger partial charge is 0.497 e. The van der Waals surface area contributed by atoms with E-state index >= 15 is 0 Å². The van der Waals surface area contributed by atoms with E-state index in [0.29, 0.717) is 6.54 Å². The third kappa shape index (κ3) is 4.57. The van der Waals surface area contributed by atoms with Crippen LogP contribution < -0.4 is 10.1 Å². The number of nitrogens with zero attached hydrogens (tertiary/aromatic N) is 2. The molecule has 7 nitrogen and oxygen atoms in total. The van der Waals surface area contributed by atoms with Crippen LogP contribution in [0.25, 0.3) is 0 Å². The molecule has 2 aromatic rings. The van der Waals surface area contributed by atoms with Crippen molar-refractivity contribution in [3.05, 3.63) is 47.8 Å². The van der Waals surface area contributed by atoms with Crippen LogP contribution in [-0.4, -0.2) is 33.9 Å². The van der Waals surface area contributed by atoms with E-state index in [2.05, 4.69) is 10.4 Å². The third-order valence-electron chi connectivity index (χ3n) is 3.42. The molecule has 7 heteroatoms. The van der Waals surface area contributed by atoms with Gasteiger partial charge in [-0.2, -0.15) is 5.10 Å². The van der Waals surface area contributed by atoms with E-state index in [1.54, 1.807) is 13.3 Å². The number of hydrogen-bond donors (Lipinski definition) is 2. The Bertz CT molecular complexity index is 679. The van der Waals surface area contributed by atoms with Gasteiger partial charge in [-0.15, -0.1) is 0 Å². The van der Waals surface area contributed by atoms with E-state index < -0.39 is 5.97 Å². The third-order valence-corrected chi connectivity index (χ3v) is 3.42. The standard InChI is InChI=1S/C16H19N3O4/c1-11(12-3-5-13(23-2)6-4-12)17-15(20)8-10-19-9-7-14(18-19)16(21)22/h3-7,9,11H,8,10H2,1-2H3,(H,17,20)(H,21,22). The Morgan fingerprint density at radius 1 is 1.30 bits per heavy atom. The van der Waals surface area contributed by atoms with Gasteiger partial charge < -0.3 is 15.2 Å². The van der Waals surface area contributed by atoms with E-state index in [1.165, 1.54) is 10.7 Å². The zero-order chi connectivity index (χ0) is 16.8. The molecule has 0 radical (unpaired) electrons. The summed E-state index contributed by atoms with van der Waals surface area (Å²) in [5.41, 5.74) is 0.948. The molecule has 1 aromatic carbocycles. The van der Waals surface area contributed by atoms with Gasteiger partial charge in [0.15, 0.2) is 5.69 Å². The number of rotatable bonds is 7. The van der Waals surface area contributed by atoms with Gasteiger partial charge in [-0.3, -0.25) is 9.48 Å². The summed E-state index contributed by atoms with van der Waals surface area (Å²) in [7, 11) is 1.60. The summed E-state index contributed by atoms with van der Waals surface area (Å²) in [6.07, 6.45) is 1.77. The first-order valence-electron chi connectivity index (χ1n) is 7.19. The lowest BCUT2D eigenvalue weighted by Gasteiger charge is -2.14. The van der Waals surface area contributed by atoms with Crippen molar-refractivity contribution in [2.45, 2.75) is 25.9 Å². The van der Waals surface area contributed by atoms with Crippen molar-refractivity contribution in [1.29, 1.82) is 0 Å². The van der Waals surface area contributed by atoms with Crippen LogP contribution in [0, 0.1) is 0 Å². The number of carbonyl (C=O) groups excluding carboxylic acids is 1. The van der Waals surface area contributed by atoms with Crippen LogP contribution in [0.4, 0.5) is 0 Å². The minimum absolute atomic E-state index is 0.0305. The molecule has 0 saturated carbocycles. The van der Waals surface area contributed by atoms with Crippen molar-refractivity contribution in [3.8, 4) is 5.75 Å². The molecule has 0 aliphatic rings. The maximum absolute atomic E-state index is 12.0. The molecule has 23 heavy (non-hydrogen) atoms. The minimum atomic E-state index is -1.08. The van der Waals surface area contributed by atoms with E-state index in [-0.39, 0.29) is 24.1 Å². The van der Waals surface area contributed by atoms with Gasteiger partial charge in [-0.1, -0.05) is 12.1 Å². The Kier molecular flexibility index (Phi) is 5.35. The Morgan fingerprint density at radius 2 is 2.00 bits per heavy atom. The van der Waals surface area contributed by atoms with Gasteiger partial charge in [0, 0.05) is 19.2 Å². The number of benzene rings is 1. The van der Waals surface area contributed by atoms with Crippen molar-refractivity contribution in [3.63, 3.8) is 0 Å². The zero-order valence-corrected chi connectivity index (χ0v) is 13.0. The van der Waals surface area contributed by atoms with E-state index in [4.69, 9.17) is 9.84 Å². The van der Waals surface area contributed by atoms with Crippen molar-refractivity contribution in [1.82, 2.24) is 15.1 Å². The van der Waals surface area contributed by atoms with Crippen LogP contribution in [0.5, 0.6) is 5.75 Å². The molecular formula is C16H19N3O4. The quantitative estimate of drug-likeness (QED) is 0.813. The Balaban J connectivity index is 1.84. The van der Waals surface area contributed by atoms with Gasteiger partial charge in [0.25, 0.3) is 0 Å². The molecule has 1 aromatic heterocycles. The van der Waals surface area contributed by atoms with Crippen LogP contribution in [0.15, 0.2) is 36.5 Å². The van der Waals surface area contributed by atoms with Crippen LogP contribution in [0.3, 0.4) is 0 Å². The highest BCUT2D eigenvalue weighted by molar-refractivity contribution is 5.85. The average Bonchev–Trinajstić information content (AvgIpc) is 3.02. The van der Waals surface area contributed by atoms with Gasteiger partial charge in [0.1, 0.15) is 5.75 Å². The number of aromatic carboxylic acids is 1. The molecule has 1 atom stereocenters. The maximum Gasteiger partial charge on any atom is 0.356 e. The molecule has 1 heterocycles. The Labute approximate surface area is 133 Å². The molecule has 1 amide bonds. The summed E-state index contributed by atoms with van der Waals surface area (Å²) in [5.74, 6) is -0.442. The van der Waals surface area contributed by atoms with Gasteiger partial charge in [-0.25, -0.2) is 4.79 Å². The number of methoxy groups -OCH3 is 1. The summed E-state index contributed by atoms with van der Waals surface area (Å²) in [5, 5.41) is 15.6. The first-order chi connectivity index (χ1) is 11.0. The number of hydrogen-bond acceptors (Lipinski definition) is 4. The lowest BCUT2D eigenvalue weighted by molar-refractivity contribution is -0.122. The van der Waals surface area contributed by atoms with Crippen LogP contribution in [-0.2, 0) is 11.3 Å². The molecule has 0 saturated heterocycles. The van der Waals surface area contributed by atoms with Gasteiger partial charge in [0.05, 0.1) is 13.2 Å². The number of carbonyl (C=O) groups is 2. The number of carboxylic acid groups (broad SMARTS) is 1. The second kappa shape index (κ2) is 7.44. The fourth-order valence-corrected chi connectivity index (χ4v) is 2.11. The smallest absolute Gasteiger partial charge is 0.356 e. The minimum Gasteiger partial charge on any atom is -0.497 e. The highest BCUT2D eigenvalue weighted by atomic mass is 16.5. The van der Waals surface area contributed by atoms with Crippen LogP contribution in [0.2, 0.25) is 0 Å². The predicted octanol–water partition coefficient (Wildman–Crippen LogP) is 1.86. The maximum atomic E-state index is 12.0. The number of aromatic nitrogens is 2. The molecule has 0 aliphatic heterocycles. The van der Waals surface area contributed by atoms with Crippen LogP contribution >= 0.6 is 0 Å². The predicted molar refractivity (Wildman–Crippen MR) is 83.4 cm³/mol. The normalized spacial score (nSPS) is 11.7. The van der Waals surface area contributed by atoms with Gasteiger partial charge in [-0.05, 0) is 30.7 Å². The SMILES string of the molecule is COc1ccc(C(C)NC(=O)CCn2ccc(C(=O)O)n2)cc1. The van der Waals surface area contributed by atoms with Gasteiger partial charge in [0.2, 0.25) is 5.91 Å². The summed E-state index contributed by atoms with van der Waals surface area (Å²) in [6.45, 7) is 2.23. The molecule has 122 valence electrons. The molecule has 0 bridgehead atoms. The molecular weight excluding hydrogens is 298 g/mol. The number of aryl methyl sites for hydroxylation is 1. The fourth-order valence-electron chi connectivity index (χ4n) is 2.11. The monoisotopic (exact) mass is 317 g/mol. The van der Waals surface area contributed by atoms with E-state index in [1.807, 2.05) is 31.2 Å². The van der Waals surface area contributed by atoms with Crippen molar-refractivity contribution >= 4 is 11.9 Å². The average molecular weight is 317 g/mol. The lowest BCUT2D eigenvalue weighted by atomic mass is 10.1. The second-order valence-corrected chi connectivity index (χ2v) is 5.08. The first kappa shape index (κ1) is 16.5. The molecule has 1 unspecified atom stereocenters. The van der Waals surface area contributed by atoms with Crippen molar-refractivity contribution in [2.24, 2.45) is 0 Å². The molecule has 2 N–H and O–H groups in total. The number of amides is 1. The highest BCUT2D eigenvalue weighted by Crippen LogP contribution is 2.17. The highest BCUT2D eigenvalue weighted by Gasteiger charge is 2.11. The first-order valence-corrected chi connectivity index (χ1v) is 7.19. The molecule has 0 aliphatic carbocycles. The van der Waals surface area contributed by atoms with Crippen molar-refractivity contribution in [2.75, 3.05) is 7.11 Å².